The smallest absolute Gasteiger partial charge is 0.410 e. The summed E-state index contributed by atoms with van der Waals surface area (Å²) in [6.07, 6.45) is 2.34. The second-order valence-electron chi connectivity index (χ2n) is 4.15. The molecule has 0 bridgehead atoms. The van der Waals surface area contributed by atoms with Crippen molar-refractivity contribution in [3.05, 3.63) is 12.7 Å². The zero-order valence-corrected chi connectivity index (χ0v) is 11.3. The van der Waals surface area contributed by atoms with Crippen LogP contribution in [0.15, 0.2) is 12.7 Å². The number of hydrogen-bond donors (Lipinski definition) is 1. The number of likely N-dealkylation sites (tertiary alicyclic amines) is 1. The molecule has 1 aliphatic heterocycles. The number of aliphatic hydroxyl groups excluding tert-OH is 1. The van der Waals surface area contributed by atoms with Gasteiger partial charge in [-0.2, -0.15) is 0 Å². The van der Waals surface area contributed by atoms with Crippen LogP contribution in [0.2, 0.25) is 0 Å². The lowest BCUT2D eigenvalue weighted by Crippen LogP contribution is -2.36. The zero-order chi connectivity index (χ0) is 13.5. The number of thioether (sulfide) groups is 1. The lowest BCUT2D eigenvalue weighted by Gasteiger charge is -2.22. The maximum Gasteiger partial charge on any atom is 0.410 e. The van der Waals surface area contributed by atoms with Crippen LogP contribution in [0.3, 0.4) is 0 Å². The first kappa shape index (κ1) is 15.0. The van der Waals surface area contributed by atoms with Crippen molar-refractivity contribution in [1.82, 2.24) is 4.90 Å². The Hall–Kier alpha value is -1.01. The average molecular weight is 273 g/mol. The summed E-state index contributed by atoms with van der Waals surface area (Å²) in [5, 5.41) is 9.14. The van der Waals surface area contributed by atoms with E-state index in [1.807, 2.05) is 0 Å². The number of ether oxygens (including phenoxy) is 1. The summed E-state index contributed by atoms with van der Waals surface area (Å²) < 4.78 is 5.00. The minimum absolute atomic E-state index is 0.0212. The van der Waals surface area contributed by atoms with Crippen LogP contribution in [0.1, 0.15) is 19.8 Å². The minimum atomic E-state index is -0.403. The predicted molar refractivity (Wildman–Crippen MR) is 70.4 cm³/mol. The van der Waals surface area contributed by atoms with E-state index in [9.17, 15) is 9.59 Å². The number of carbonyl (C=O) groups excluding carboxylic acids is 2. The molecule has 0 aromatic heterocycles. The summed E-state index contributed by atoms with van der Waals surface area (Å²) in [6, 6.07) is -0.0517. The molecular weight excluding hydrogens is 254 g/mol. The molecule has 18 heavy (non-hydrogen) atoms. The van der Waals surface area contributed by atoms with E-state index in [0.717, 1.165) is 0 Å². The Balaban J connectivity index is 2.59. The summed E-state index contributed by atoms with van der Waals surface area (Å²) in [4.78, 5) is 24.5. The molecule has 6 heteroatoms. The summed E-state index contributed by atoms with van der Waals surface area (Å²) in [5.41, 5.74) is 0. The van der Waals surface area contributed by atoms with Gasteiger partial charge in [-0.3, -0.25) is 4.79 Å². The van der Waals surface area contributed by atoms with E-state index in [1.54, 1.807) is 4.90 Å². The van der Waals surface area contributed by atoms with Crippen molar-refractivity contribution in [3.63, 3.8) is 0 Å². The molecule has 0 aromatic carbocycles. The summed E-state index contributed by atoms with van der Waals surface area (Å²) >= 11 is 1.25. The lowest BCUT2D eigenvalue weighted by atomic mass is 10.1. The SMILES string of the molecule is C=CCOC(=O)N1CC(SC(C)=O)CC1CCO. The number of rotatable bonds is 5. The molecule has 2 unspecified atom stereocenters. The van der Waals surface area contributed by atoms with Gasteiger partial charge in [0.15, 0.2) is 5.12 Å². The van der Waals surface area contributed by atoms with E-state index < -0.39 is 6.09 Å². The van der Waals surface area contributed by atoms with Gasteiger partial charge in [0, 0.05) is 31.4 Å². The van der Waals surface area contributed by atoms with Gasteiger partial charge in [-0.1, -0.05) is 24.4 Å². The lowest BCUT2D eigenvalue weighted by molar-refractivity contribution is -0.109. The number of amides is 1. The second kappa shape index (κ2) is 7.43. The molecule has 1 heterocycles. The Kier molecular flexibility index (Phi) is 6.21. The van der Waals surface area contributed by atoms with Gasteiger partial charge in [0.25, 0.3) is 0 Å². The predicted octanol–water partition coefficient (Wildman–Crippen LogP) is 1.41. The van der Waals surface area contributed by atoms with Crippen LogP contribution in [0.4, 0.5) is 4.79 Å². The molecular formula is C12H19NO4S. The first-order valence-corrected chi connectivity index (χ1v) is 6.78. The number of nitrogens with zero attached hydrogens (tertiary/aromatic N) is 1. The maximum atomic E-state index is 11.8. The molecule has 0 aromatic rings. The van der Waals surface area contributed by atoms with Crippen molar-refractivity contribution in [3.8, 4) is 0 Å². The molecule has 1 saturated heterocycles. The summed E-state index contributed by atoms with van der Waals surface area (Å²) in [6.45, 7) is 5.69. The molecule has 1 fully saturated rings. The van der Waals surface area contributed by atoms with Gasteiger partial charge in [-0.15, -0.1) is 0 Å². The number of aliphatic hydroxyl groups is 1. The highest BCUT2D eigenvalue weighted by molar-refractivity contribution is 8.14. The highest BCUT2D eigenvalue weighted by Gasteiger charge is 2.36. The van der Waals surface area contributed by atoms with Gasteiger partial charge in [0.1, 0.15) is 6.61 Å². The van der Waals surface area contributed by atoms with Crippen molar-refractivity contribution in [2.24, 2.45) is 0 Å². The van der Waals surface area contributed by atoms with E-state index in [0.29, 0.717) is 19.4 Å². The van der Waals surface area contributed by atoms with Crippen molar-refractivity contribution >= 4 is 23.0 Å². The van der Waals surface area contributed by atoms with Crippen LogP contribution < -0.4 is 0 Å². The van der Waals surface area contributed by atoms with Gasteiger partial charge < -0.3 is 14.7 Å². The summed E-state index contributed by atoms with van der Waals surface area (Å²) in [7, 11) is 0. The van der Waals surface area contributed by atoms with E-state index in [2.05, 4.69) is 6.58 Å². The van der Waals surface area contributed by atoms with Gasteiger partial charge in [0.2, 0.25) is 0 Å². The van der Waals surface area contributed by atoms with Crippen LogP contribution in [0, 0.1) is 0 Å². The molecule has 0 spiro atoms. The largest absolute Gasteiger partial charge is 0.445 e. The van der Waals surface area contributed by atoms with Crippen molar-refractivity contribution < 1.29 is 19.4 Å². The highest BCUT2D eigenvalue weighted by Crippen LogP contribution is 2.30. The maximum absolute atomic E-state index is 11.8. The first-order valence-electron chi connectivity index (χ1n) is 5.90. The van der Waals surface area contributed by atoms with Gasteiger partial charge in [-0.05, 0) is 12.8 Å². The van der Waals surface area contributed by atoms with Gasteiger partial charge in [-0.25, -0.2) is 4.79 Å². The Morgan fingerprint density at radius 1 is 1.61 bits per heavy atom. The Bertz CT molecular complexity index is 321. The topological polar surface area (TPSA) is 66.8 Å². The van der Waals surface area contributed by atoms with E-state index in [4.69, 9.17) is 9.84 Å². The third kappa shape index (κ3) is 4.34. The van der Waals surface area contributed by atoms with Crippen LogP contribution in [-0.2, 0) is 9.53 Å². The molecule has 0 saturated carbocycles. The normalized spacial score (nSPS) is 22.9. The monoisotopic (exact) mass is 273 g/mol. The van der Waals surface area contributed by atoms with Gasteiger partial charge in [0.05, 0.1) is 0 Å². The Morgan fingerprint density at radius 2 is 2.33 bits per heavy atom. The van der Waals surface area contributed by atoms with Crippen molar-refractivity contribution in [2.45, 2.75) is 31.1 Å². The molecule has 5 nitrogen and oxygen atoms in total. The second-order valence-corrected chi connectivity index (χ2v) is 5.63. The fourth-order valence-corrected chi connectivity index (χ4v) is 3.08. The summed E-state index contributed by atoms with van der Waals surface area (Å²) in [5.74, 6) is 0. The fraction of sp³-hybridized carbons (Fsp3) is 0.667. The van der Waals surface area contributed by atoms with Crippen LogP contribution in [0.5, 0.6) is 0 Å². The van der Waals surface area contributed by atoms with Crippen LogP contribution in [-0.4, -0.2) is 52.3 Å². The molecule has 2 atom stereocenters. The van der Waals surface area contributed by atoms with Crippen molar-refractivity contribution in [1.29, 1.82) is 0 Å². The molecule has 1 rings (SSSR count). The van der Waals surface area contributed by atoms with Crippen LogP contribution >= 0.6 is 11.8 Å². The third-order valence-corrected chi connectivity index (χ3v) is 3.74. The highest BCUT2D eigenvalue weighted by atomic mass is 32.2. The Morgan fingerprint density at radius 3 is 2.89 bits per heavy atom. The molecule has 0 radical (unpaired) electrons. The van der Waals surface area contributed by atoms with E-state index in [1.165, 1.54) is 24.8 Å². The van der Waals surface area contributed by atoms with E-state index in [-0.39, 0.29) is 29.6 Å². The Labute approximate surface area is 111 Å². The fourth-order valence-electron chi connectivity index (χ4n) is 2.05. The molecule has 1 aliphatic rings. The third-order valence-electron chi connectivity index (χ3n) is 2.73. The van der Waals surface area contributed by atoms with Crippen LogP contribution in [0.25, 0.3) is 0 Å². The number of hydrogen-bond acceptors (Lipinski definition) is 5. The quantitative estimate of drug-likeness (QED) is 0.767. The molecule has 1 N–H and O–H groups in total. The molecule has 102 valence electrons. The molecule has 1 amide bonds. The minimum Gasteiger partial charge on any atom is -0.445 e. The molecule has 0 aliphatic carbocycles. The van der Waals surface area contributed by atoms with Crippen molar-refractivity contribution in [2.75, 3.05) is 19.8 Å². The standard InChI is InChI=1S/C12H19NO4S/c1-3-6-17-12(16)13-8-11(18-9(2)15)7-10(13)4-5-14/h3,10-11,14H,1,4-8H2,2H3. The first-order chi connectivity index (χ1) is 8.58. The number of carbonyl (C=O) groups is 2. The van der Waals surface area contributed by atoms with Gasteiger partial charge >= 0.3 is 6.09 Å². The average Bonchev–Trinajstić information content (AvgIpc) is 2.68. The van der Waals surface area contributed by atoms with E-state index >= 15 is 0 Å². The zero-order valence-electron chi connectivity index (χ0n) is 10.5.